The van der Waals surface area contributed by atoms with Crippen LogP contribution < -0.4 is 25.0 Å². The Morgan fingerprint density at radius 2 is 1.73 bits per heavy atom. The zero-order chi connectivity index (χ0) is 18.5. The van der Waals surface area contributed by atoms with Crippen molar-refractivity contribution in [3.8, 4) is 11.5 Å². The van der Waals surface area contributed by atoms with Crippen LogP contribution in [0.1, 0.15) is 33.1 Å². The van der Waals surface area contributed by atoms with Crippen LogP contribution in [0, 0.1) is 5.92 Å². The molecule has 0 spiro atoms. The molecule has 0 aromatic heterocycles. The van der Waals surface area contributed by atoms with E-state index in [0.717, 1.165) is 61.5 Å². The van der Waals surface area contributed by atoms with Gasteiger partial charge in [0.1, 0.15) is 11.5 Å². The van der Waals surface area contributed by atoms with Crippen molar-refractivity contribution in [1.29, 1.82) is 0 Å². The van der Waals surface area contributed by atoms with Gasteiger partial charge >= 0.3 is 0 Å². The van der Waals surface area contributed by atoms with Crippen molar-refractivity contribution < 1.29 is 9.47 Å². The fourth-order valence-corrected chi connectivity index (χ4v) is 3.44. The Hall–Kier alpha value is -2.11. The second kappa shape index (κ2) is 8.52. The molecule has 0 amide bonds. The van der Waals surface area contributed by atoms with E-state index < -0.39 is 0 Å². The topological polar surface area (TPSA) is 58.1 Å². The fourth-order valence-electron chi connectivity index (χ4n) is 3.44. The standard InChI is InChI=1S/C20H32N4O2/c1-5-21-20(23-19-10-14(19)2)22-15-6-8-24(9-7-15)16-11-17(25-3)13-18(12-16)26-4/h11-15,19H,5-10H2,1-4H3,(H2,21,22,23). The van der Waals surface area contributed by atoms with Crippen molar-refractivity contribution in [2.24, 2.45) is 10.9 Å². The average molecular weight is 361 g/mol. The Bertz CT molecular complexity index is 604. The van der Waals surface area contributed by atoms with Crippen LogP contribution in [0.3, 0.4) is 0 Å². The number of aliphatic imine (C=N–C) groups is 1. The van der Waals surface area contributed by atoms with E-state index >= 15 is 0 Å². The molecule has 0 bridgehead atoms. The number of nitrogens with one attached hydrogen (secondary N) is 2. The summed E-state index contributed by atoms with van der Waals surface area (Å²) in [5, 5.41) is 7.18. The van der Waals surface area contributed by atoms with Gasteiger partial charge in [0.15, 0.2) is 5.96 Å². The molecule has 26 heavy (non-hydrogen) atoms. The highest BCUT2D eigenvalue weighted by molar-refractivity contribution is 5.80. The number of hydrogen-bond acceptors (Lipinski definition) is 4. The lowest BCUT2D eigenvalue weighted by molar-refractivity contribution is 0.393. The summed E-state index contributed by atoms with van der Waals surface area (Å²) in [5.41, 5.74) is 1.16. The van der Waals surface area contributed by atoms with Gasteiger partial charge in [-0.25, -0.2) is 0 Å². The largest absolute Gasteiger partial charge is 0.497 e. The van der Waals surface area contributed by atoms with E-state index in [1.807, 2.05) is 6.07 Å². The van der Waals surface area contributed by atoms with Gasteiger partial charge in [-0.3, -0.25) is 4.99 Å². The zero-order valence-electron chi connectivity index (χ0n) is 16.4. The van der Waals surface area contributed by atoms with Gasteiger partial charge in [-0.05, 0) is 32.1 Å². The smallest absolute Gasteiger partial charge is 0.191 e. The highest BCUT2D eigenvalue weighted by atomic mass is 16.5. The van der Waals surface area contributed by atoms with Crippen LogP contribution in [0.15, 0.2) is 23.2 Å². The first-order valence-electron chi connectivity index (χ1n) is 9.68. The van der Waals surface area contributed by atoms with Crippen LogP contribution in [0.5, 0.6) is 11.5 Å². The van der Waals surface area contributed by atoms with Gasteiger partial charge in [0.25, 0.3) is 0 Å². The Morgan fingerprint density at radius 3 is 2.23 bits per heavy atom. The van der Waals surface area contributed by atoms with Gasteiger partial charge < -0.3 is 25.0 Å². The van der Waals surface area contributed by atoms with Crippen LogP contribution in [0.25, 0.3) is 0 Å². The SMILES string of the molecule is CCN=C(NC1CCN(c2cc(OC)cc(OC)c2)CC1)NC1CC1C. The predicted molar refractivity (Wildman–Crippen MR) is 107 cm³/mol. The minimum atomic E-state index is 0.464. The Kier molecular flexibility index (Phi) is 6.12. The fraction of sp³-hybridized carbons (Fsp3) is 0.650. The molecule has 1 aromatic rings. The number of benzene rings is 1. The number of piperidine rings is 1. The Morgan fingerprint density at radius 1 is 1.12 bits per heavy atom. The molecule has 1 heterocycles. The van der Waals surface area contributed by atoms with Gasteiger partial charge in [-0.1, -0.05) is 6.92 Å². The third kappa shape index (κ3) is 4.74. The summed E-state index contributed by atoms with van der Waals surface area (Å²) in [6.07, 6.45) is 3.43. The highest BCUT2D eigenvalue weighted by Gasteiger charge is 2.33. The van der Waals surface area contributed by atoms with Gasteiger partial charge in [0.2, 0.25) is 0 Å². The van der Waals surface area contributed by atoms with Crippen molar-refractivity contribution >= 4 is 11.6 Å². The van der Waals surface area contributed by atoms with E-state index in [1.54, 1.807) is 14.2 Å². The summed E-state index contributed by atoms with van der Waals surface area (Å²) >= 11 is 0. The minimum Gasteiger partial charge on any atom is -0.497 e. The first-order chi connectivity index (χ1) is 12.6. The van der Waals surface area contributed by atoms with Crippen LogP contribution in [0.2, 0.25) is 0 Å². The zero-order valence-corrected chi connectivity index (χ0v) is 16.4. The molecule has 1 saturated carbocycles. The van der Waals surface area contributed by atoms with Crippen LogP contribution >= 0.6 is 0 Å². The molecule has 144 valence electrons. The average Bonchev–Trinajstić information content (AvgIpc) is 3.36. The number of nitrogens with zero attached hydrogens (tertiary/aromatic N) is 2. The molecule has 3 rings (SSSR count). The summed E-state index contributed by atoms with van der Waals surface area (Å²) in [6.45, 7) is 7.18. The van der Waals surface area contributed by atoms with Crippen LogP contribution in [-0.4, -0.2) is 51.9 Å². The van der Waals surface area contributed by atoms with Crippen molar-refractivity contribution in [3.63, 3.8) is 0 Å². The molecule has 0 radical (unpaired) electrons. The molecule has 6 nitrogen and oxygen atoms in total. The van der Waals surface area contributed by atoms with Crippen molar-refractivity contribution in [1.82, 2.24) is 10.6 Å². The number of methoxy groups -OCH3 is 2. The highest BCUT2D eigenvalue weighted by Crippen LogP contribution is 2.30. The van der Waals surface area contributed by atoms with Crippen molar-refractivity contribution in [2.45, 2.75) is 45.2 Å². The maximum Gasteiger partial charge on any atom is 0.191 e. The van der Waals surface area contributed by atoms with Gasteiger partial charge in [-0.2, -0.15) is 0 Å². The number of anilines is 1. The van der Waals surface area contributed by atoms with E-state index in [4.69, 9.17) is 9.47 Å². The summed E-state index contributed by atoms with van der Waals surface area (Å²) in [7, 11) is 3.38. The first-order valence-corrected chi connectivity index (χ1v) is 9.68. The lowest BCUT2D eigenvalue weighted by atomic mass is 10.0. The minimum absolute atomic E-state index is 0.464. The monoisotopic (exact) mass is 360 g/mol. The molecule has 1 aliphatic carbocycles. The molecule has 1 aromatic carbocycles. The summed E-state index contributed by atoms with van der Waals surface area (Å²) in [4.78, 5) is 7.00. The molecule has 6 heteroatoms. The Labute approximate surface area is 157 Å². The van der Waals surface area contributed by atoms with Gasteiger partial charge in [0, 0.05) is 55.6 Å². The van der Waals surface area contributed by atoms with E-state index in [2.05, 4.69) is 46.5 Å². The molecular weight excluding hydrogens is 328 g/mol. The molecule has 1 aliphatic heterocycles. The van der Waals surface area contributed by atoms with E-state index in [1.165, 1.54) is 6.42 Å². The molecular formula is C20H32N4O2. The lowest BCUT2D eigenvalue weighted by Crippen LogP contribution is -2.49. The summed E-state index contributed by atoms with van der Waals surface area (Å²) in [5.74, 6) is 3.41. The second-order valence-electron chi connectivity index (χ2n) is 7.26. The summed E-state index contributed by atoms with van der Waals surface area (Å²) in [6, 6.07) is 7.13. The molecule has 2 unspecified atom stereocenters. The van der Waals surface area contributed by atoms with Crippen molar-refractivity contribution in [3.05, 3.63) is 18.2 Å². The third-order valence-electron chi connectivity index (χ3n) is 5.28. The third-order valence-corrected chi connectivity index (χ3v) is 5.28. The van der Waals surface area contributed by atoms with Crippen LogP contribution in [-0.2, 0) is 0 Å². The van der Waals surface area contributed by atoms with Gasteiger partial charge in [-0.15, -0.1) is 0 Å². The molecule has 2 N–H and O–H groups in total. The van der Waals surface area contributed by atoms with E-state index in [0.29, 0.717) is 12.1 Å². The van der Waals surface area contributed by atoms with E-state index in [9.17, 15) is 0 Å². The second-order valence-corrected chi connectivity index (χ2v) is 7.26. The normalized spacial score (nSPS) is 23.5. The maximum absolute atomic E-state index is 5.40. The summed E-state index contributed by atoms with van der Waals surface area (Å²) < 4.78 is 10.8. The molecule has 2 atom stereocenters. The maximum atomic E-state index is 5.40. The van der Waals surface area contributed by atoms with Crippen molar-refractivity contribution in [2.75, 3.05) is 38.8 Å². The Balaban J connectivity index is 1.56. The quantitative estimate of drug-likeness (QED) is 0.603. The number of hydrogen-bond donors (Lipinski definition) is 2. The molecule has 2 aliphatic rings. The molecule has 1 saturated heterocycles. The van der Waals surface area contributed by atoms with E-state index in [-0.39, 0.29) is 0 Å². The number of guanidine groups is 1. The molecule has 2 fully saturated rings. The number of ether oxygens (including phenoxy) is 2. The first kappa shape index (κ1) is 18.7. The lowest BCUT2D eigenvalue weighted by Gasteiger charge is -2.35. The number of rotatable bonds is 6. The predicted octanol–water partition coefficient (Wildman–Crippen LogP) is 2.64. The van der Waals surface area contributed by atoms with Crippen LogP contribution in [0.4, 0.5) is 5.69 Å². The van der Waals surface area contributed by atoms with Gasteiger partial charge in [0.05, 0.1) is 14.2 Å².